The van der Waals surface area contributed by atoms with Crippen LogP contribution in [0.4, 0.5) is 17.1 Å². The molecule has 0 atom stereocenters. The zero-order valence-electron chi connectivity index (χ0n) is 13.4. The van der Waals surface area contributed by atoms with Gasteiger partial charge in [-0.05, 0) is 32.4 Å². The molecule has 0 saturated carbocycles. The largest absolute Gasteiger partial charge is 0.442 e. The van der Waals surface area contributed by atoms with E-state index in [1.807, 2.05) is 0 Å². The van der Waals surface area contributed by atoms with Crippen molar-refractivity contribution >= 4 is 17.1 Å². The van der Waals surface area contributed by atoms with Gasteiger partial charge in [0, 0.05) is 5.69 Å². The van der Waals surface area contributed by atoms with Gasteiger partial charge >= 0.3 is 11.4 Å². The highest BCUT2D eigenvalue weighted by molar-refractivity contribution is 5.67. The fourth-order valence-electron chi connectivity index (χ4n) is 2.33. The molecule has 0 fully saturated rings. The molecule has 0 saturated heterocycles. The average molecular weight is 348 g/mol. The van der Waals surface area contributed by atoms with Gasteiger partial charge in [0.25, 0.3) is 11.4 Å². The molecule has 11 nitrogen and oxygen atoms in total. The van der Waals surface area contributed by atoms with Gasteiger partial charge in [-0.3, -0.25) is 35.3 Å². The fraction of sp³-hybridized carbons (Fsp3) is 0.214. The molecule has 0 spiro atoms. The van der Waals surface area contributed by atoms with Crippen LogP contribution in [0.3, 0.4) is 0 Å². The molecule has 1 aromatic carbocycles. The van der Waals surface area contributed by atoms with Crippen molar-refractivity contribution in [3.8, 4) is 11.5 Å². The minimum atomic E-state index is -0.971. The molecule has 0 bridgehead atoms. The van der Waals surface area contributed by atoms with Crippen LogP contribution in [0, 0.1) is 51.1 Å². The Hall–Kier alpha value is -3.63. The standard InChI is InChI=1S/C14H12N4O7/c1-7-4-8(2)15-9(3)13(7)25-14-11(17(21)22)5-10(16(19)20)6-12(14)18(23)24/h4-6H,1-3H3. The Labute approximate surface area is 140 Å². The minimum absolute atomic E-state index is 0.116. The summed E-state index contributed by atoms with van der Waals surface area (Å²) in [7, 11) is 0. The Morgan fingerprint density at radius 2 is 1.36 bits per heavy atom. The Balaban J connectivity index is 2.74. The van der Waals surface area contributed by atoms with E-state index in [0.717, 1.165) is 0 Å². The maximum Gasteiger partial charge on any atom is 0.325 e. The second-order valence-corrected chi connectivity index (χ2v) is 5.18. The highest BCUT2D eigenvalue weighted by atomic mass is 16.6. The number of benzene rings is 1. The summed E-state index contributed by atoms with van der Waals surface area (Å²) in [4.78, 5) is 34.6. The number of rotatable bonds is 5. The quantitative estimate of drug-likeness (QED) is 0.587. The van der Waals surface area contributed by atoms with E-state index in [-0.39, 0.29) is 5.75 Å². The lowest BCUT2D eigenvalue weighted by Gasteiger charge is -2.12. The van der Waals surface area contributed by atoms with Gasteiger partial charge in [0.15, 0.2) is 5.75 Å². The van der Waals surface area contributed by atoms with Gasteiger partial charge in [0.05, 0.1) is 32.6 Å². The van der Waals surface area contributed by atoms with Crippen LogP contribution in [0.15, 0.2) is 18.2 Å². The fourth-order valence-corrected chi connectivity index (χ4v) is 2.33. The van der Waals surface area contributed by atoms with Gasteiger partial charge < -0.3 is 4.74 Å². The smallest absolute Gasteiger partial charge is 0.325 e. The number of pyridine rings is 1. The Kier molecular flexibility index (Phi) is 4.59. The predicted octanol–water partition coefficient (Wildman–Crippen LogP) is 3.52. The van der Waals surface area contributed by atoms with Crippen LogP contribution in [0.5, 0.6) is 11.5 Å². The van der Waals surface area contributed by atoms with E-state index in [1.54, 1.807) is 26.8 Å². The summed E-state index contributed by atoms with van der Waals surface area (Å²) in [5.74, 6) is -0.567. The van der Waals surface area contributed by atoms with Crippen LogP contribution in [0.2, 0.25) is 0 Å². The molecule has 0 radical (unpaired) electrons. The topological polar surface area (TPSA) is 152 Å². The van der Waals surface area contributed by atoms with Crippen molar-refractivity contribution in [1.29, 1.82) is 0 Å². The number of ether oxygens (including phenoxy) is 1. The maximum atomic E-state index is 11.3. The van der Waals surface area contributed by atoms with Gasteiger partial charge in [-0.1, -0.05) is 0 Å². The number of hydrogen-bond acceptors (Lipinski definition) is 8. The number of non-ortho nitro benzene ring substituents is 1. The Morgan fingerprint density at radius 1 is 0.840 bits per heavy atom. The van der Waals surface area contributed by atoms with Gasteiger partial charge in [-0.15, -0.1) is 0 Å². The lowest BCUT2D eigenvalue weighted by molar-refractivity contribution is -0.404. The molecule has 0 aliphatic rings. The number of nitrogens with zero attached hydrogens (tertiary/aromatic N) is 4. The van der Waals surface area contributed by atoms with Crippen molar-refractivity contribution in [2.24, 2.45) is 0 Å². The maximum absolute atomic E-state index is 11.3. The van der Waals surface area contributed by atoms with E-state index in [9.17, 15) is 30.3 Å². The molecular weight excluding hydrogens is 336 g/mol. The molecular formula is C14H12N4O7. The first-order chi connectivity index (χ1) is 11.6. The van der Waals surface area contributed by atoms with E-state index in [4.69, 9.17) is 4.74 Å². The second kappa shape index (κ2) is 6.47. The summed E-state index contributed by atoms with van der Waals surface area (Å²) in [6.07, 6.45) is 0. The number of aromatic nitrogens is 1. The third-order valence-electron chi connectivity index (χ3n) is 3.30. The third kappa shape index (κ3) is 3.49. The van der Waals surface area contributed by atoms with E-state index < -0.39 is 37.6 Å². The highest BCUT2D eigenvalue weighted by Crippen LogP contribution is 2.43. The van der Waals surface area contributed by atoms with Crippen LogP contribution in [-0.4, -0.2) is 19.8 Å². The van der Waals surface area contributed by atoms with Crippen molar-refractivity contribution in [1.82, 2.24) is 4.98 Å². The first kappa shape index (κ1) is 17.7. The molecule has 2 aromatic rings. The van der Waals surface area contributed by atoms with Crippen LogP contribution < -0.4 is 4.74 Å². The number of nitro groups is 3. The summed E-state index contributed by atoms with van der Waals surface area (Å²) in [5, 5.41) is 33.4. The van der Waals surface area contributed by atoms with Crippen LogP contribution in [0.1, 0.15) is 17.0 Å². The minimum Gasteiger partial charge on any atom is -0.442 e. The first-order valence-corrected chi connectivity index (χ1v) is 6.85. The molecule has 130 valence electrons. The normalized spacial score (nSPS) is 10.4. The molecule has 0 amide bonds. The zero-order valence-corrected chi connectivity index (χ0v) is 13.4. The van der Waals surface area contributed by atoms with E-state index in [0.29, 0.717) is 29.1 Å². The van der Waals surface area contributed by atoms with Gasteiger partial charge in [-0.25, -0.2) is 0 Å². The molecule has 0 N–H and O–H groups in total. The van der Waals surface area contributed by atoms with E-state index >= 15 is 0 Å². The van der Waals surface area contributed by atoms with E-state index in [2.05, 4.69) is 4.98 Å². The molecule has 0 aliphatic carbocycles. The number of aryl methyl sites for hydroxylation is 3. The lowest BCUT2D eigenvalue weighted by atomic mass is 10.2. The zero-order chi connectivity index (χ0) is 18.9. The predicted molar refractivity (Wildman–Crippen MR) is 84.9 cm³/mol. The highest BCUT2D eigenvalue weighted by Gasteiger charge is 2.33. The van der Waals surface area contributed by atoms with Crippen molar-refractivity contribution in [2.75, 3.05) is 0 Å². The van der Waals surface area contributed by atoms with E-state index in [1.165, 1.54) is 0 Å². The molecule has 25 heavy (non-hydrogen) atoms. The van der Waals surface area contributed by atoms with Crippen molar-refractivity contribution in [2.45, 2.75) is 20.8 Å². The average Bonchev–Trinajstić information content (AvgIpc) is 2.49. The van der Waals surface area contributed by atoms with Crippen molar-refractivity contribution in [3.05, 3.63) is 65.5 Å². The van der Waals surface area contributed by atoms with Crippen LogP contribution >= 0.6 is 0 Å². The number of nitro benzene ring substituents is 3. The summed E-state index contributed by atoms with van der Waals surface area (Å²) in [6.45, 7) is 4.97. The Bertz CT molecular complexity index is 852. The summed E-state index contributed by atoms with van der Waals surface area (Å²) in [6, 6.07) is 2.88. The molecule has 1 aromatic heterocycles. The Morgan fingerprint density at radius 3 is 1.76 bits per heavy atom. The molecule has 1 heterocycles. The van der Waals surface area contributed by atoms with Gasteiger partial charge in [0.1, 0.15) is 0 Å². The third-order valence-corrected chi connectivity index (χ3v) is 3.30. The first-order valence-electron chi connectivity index (χ1n) is 6.85. The summed E-state index contributed by atoms with van der Waals surface area (Å²) in [5.41, 5.74) is -0.914. The summed E-state index contributed by atoms with van der Waals surface area (Å²) < 4.78 is 5.45. The molecule has 2 rings (SSSR count). The van der Waals surface area contributed by atoms with Crippen molar-refractivity contribution in [3.63, 3.8) is 0 Å². The molecule has 11 heteroatoms. The van der Waals surface area contributed by atoms with Crippen LogP contribution in [-0.2, 0) is 0 Å². The van der Waals surface area contributed by atoms with Gasteiger partial charge in [0.2, 0.25) is 0 Å². The second-order valence-electron chi connectivity index (χ2n) is 5.18. The molecule has 0 unspecified atom stereocenters. The van der Waals surface area contributed by atoms with Gasteiger partial charge in [-0.2, -0.15) is 0 Å². The summed E-state index contributed by atoms with van der Waals surface area (Å²) >= 11 is 0. The number of hydrogen-bond donors (Lipinski definition) is 0. The lowest BCUT2D eigenvalue weighted by Crippen LogP contribution is -2.03. The van der Waals surface area contributed by atoms with Crippen molar-refractivity contribution < 1.29 is 19.5 Å². The SMILES string of the molecule is Cc1cc(C)c(Oc2c([N+](=O)[O-])cc([N+](=O)[O-])cc2[N+](=O)[O-])c(C)n1. The monoisotopic (exact) mass is 348 g/mol. The molecule has 0 aliphatic heterocycles. The van der Waals surface area contributed by atoms with Crippen LogP contribution in [0.25, 0.3) is 0 Å².